The van der Waals surface area contributed by atoms with Crippen LogP contribution < -0.4 is 15.6 Å². The minimum Gasteiger partial charge on any atom is -0.496 e. The van der Waals surface area contributed by atoms with Gasteiger partial charge >= 0.3 is 0 Å². The number of hydrogen-bond acceptors (Lipinski definition) is 6. The molecular formula is C17H16N4O4S. The summed E-state index contributed by atoms with van der Waals surface area (Å²) in [6, 6.07) is 5.93. The molecule has 3 rings (SSSR count). The van der Waals surface area contributed by atoms with E-state index >= 15 is 0 Å². The highest BCUT2D eigenvalue weighted by molar-refractivity contribution is 7.15. The van der Waals surface area contributed by atoms with Crippen LogP contribution in [0.3, 0.4) is 0 Å². The van der Waals surface area contributed by atoms with Crippen LogP contribution in [0.15, 0.2) is 40.6 Å². The number of benzene rings is 1. The van der Waals surface area contributed by atoms with Gasteiger partial charge in [0.05, 0.1) is 12.7 Å². The van der Waals surface area contributed by atoms with Crippen molar-refractivity contribution in [1.82, 2.24) is 14.3 Å². The van der Waals surface area contributed by atoms with E-state index < -0.39 is 11.5 Å². The molecule has 2 amide bonds. The van der Waals surface area contributed by atoms with E-state index in [0.29, 0.717) is 22.0 Å². The molecule has 1 N–H and O–H groups in total. The van der Waals surface area contributed by atoms with Crippen molar-refractivity contribution in [3.05, 3.63) is 57.5 Å². The molecule has 0 unspecified atom stereocenters. The highest BCUT2D eigenvalue weighted by Gasteiger charge is 2.17. The van der Waals surface area contributed by atoms with Crippen LogP contribution in [0.5, 0.6) is 5.75 Å². The molecule has 1 aromatic carbocycles. The smallest absolute Gasteiger partial charge is 0.274 e. The van der Waals surface area contributed by atoms with E-state index in [0.717, 1.165) is 0 Å². The fourth-order valence-electron chi connectivity index (χ4n) is 2.41. The lowest BCUT2D eigenvalue weighted by Crippen LogP contribution is -2.23. The first-order valence-corrected chi connectivity index (χ1v) is 8.46. The van der Waals surface area contributed by atoms with Gasteiger partial charge in [0.2, 0.25) is 0 Å². The first-order chi connectivity index (χ1) is 12.4. The summed E-state index contributed by atoms with van der Waals surface area (Å²) in [6.45, 7) is 0. The number of rotatable bonds is 4. The third-order valence-corrected chi connectivity index (χ3v) is 4.40. The van der Waals surface area contributed by atoms with Crippen molar-refractivity contribution in [2.45, 2.75) is 0 Å². The molecule has 0 fully saturated rings. The molecule has 0 saturated heterocycles. The summed E-state index contributed by atoms with van der Waals surface area (Å²) in [7, 11) is 4.73. The van der Waals surface area contributed by atoms with Gasteiger partial charge in [-0.05, 0) is 18.2 Å². The summed E-state index contributed by atoms with van der Waals surface area (Å²) in [4.78, 5) is 42.3. The number of carbonyl (C=O) groups excluding carboxylic acids is 2. The van der Waals surface area contributed by atoms with Gasteiger partial charge in [0.15, 0.2) is 4.96 Å². The molecule has 3 aromatic rings. The number of aromatic nitrogens is 2. The van der Waals surface area contributed by atoms with E-state index in [9.17, 15) is 14.4 Å². The molecule has 0 radical (unpaired) electrons. The largest absolute Gasteiger partial charge is 0.496 e. The first kappa shape index (κ1) is 17.6. The molecule has 134 valence electrons. The van der Waals surface area contributed by atoms with Crippen LogP contribution in [0, 0.1) is 0 Å². The van der Waals surface area contributed by atoms with Crippen molar-refractivity contribution in [3.63, 3.8) is 0 Å². The molecular weight excluding hydrogens is 356 g/mol. The quantitative estimate of drug-likeness (QED) is 0.753. The zero-order valence-corrected chi connectivity index (χ0v) is 15.2. The summed E-state index contributed by atoms with van der Waals surface area (Å²) in [5.74, 6) is -0.327. The second-order valence-corrected chi connectivity index (χ2v) is 6.48. The highest BCUT2D eigenvalue weighted by atomic mass is 32.1. The summed E-state index contributed by atoms with van der Waals surface area (Å²) in [5, 5.41) is 4.44. The maximum Gasteiger partial charge on any atom is 0.274 e. The second-order valence-electron chi connectivity index (χ2n) is 5.60. The number of ether oxygens (including phenoxy) is 1. The molecule has 0 saturated carbocycles. The first-order valence-electron chi connectivity index (χ1n) is 7.58. The van der Waals surface area contributed by atoms with E-state index in [1.807, 2.05) is 0 Å². The Morgan fingerprint density at radius 3 is 2.73 bits per heavy atom. The van der Waals surface area contributed by atoms with Gasteiger partial charge in [-0.3, -0.25) is 18.8 Å². The molecule has 0 spiro atoms. The van der Waals surface area contributed by atoms with Gasteiger partial charge in [-0.1, -0.05) is 0 Å². The standard InChI is InChI=1S/C17H16N4O4S/c1-20(2)16(24)11-8-10(4-5-13(11)25-3)18-15(23)12-9-14(22)19-17-21(12)6-7-26-17/h4-9H,1-3H3,(H,18,23). The zero-order chi connectivity index (χ0) is 18.8. The van der Waals surface area contributed by atoms with Crippen LogP contribution in [0.1, 0.15) is 20.8 Å². The summed E-state index contributed by atoms with van der Waals surface area (Å²) < 4.78 is 6.75. The van der Waals surface area contributed by atoms with Gasteiger partial charge in [-0.15, -0.1) is 11.3 Å². The van der Waals surface area contributed by atoms with Gasteiger partial charge in [0.1, 0.15) is 11.4 Å². The Morgan fingerprint density at radius 1 is 1.27 bits per heavy atom. The van der Waals surface area contributed by atoms with Crippen molar-refractivity contribution < 1.29 is 14.3 Å². The molecule has 9 heteroatoms. The molecule has 2 heterocycles. The van der Waals surface area contributed by atoms with Crippen LogP contribution in [0.25, 0.3) is 4.96 Å². The monoisotopic (exact) mass is 372 g/mol. The SMILES string of the molecule is COc1ccc(NC(=O)c2cc(=O)nc3sccn23)cc1C(=O)N(C)C. The highest BCUT2D eigenvalue weighted by Crippen LogP contribution is 2.24. The van der Waals surface area contributed by atoms with Gasteiger partial charge in [0.25, 0.3) is 17.4 Å². The maximum atomic E-state index is 12.6. The lowest BCUT2D eigenvalue weighted by Gasteiger charge is -2.15. The maximum absolute atomic E-state index is 12.6. The Hall–Kier alpha value is -3.20. The number of anilines is 1. The number of fused-ring (bicyclic) bond motifs is 1. The number of carbonyl (C=O) groups is 2. The number of amides is 2. The van der Waals surface area contributed by atoms with Crippen molar-refractivity contribution in [2.24, 2.45) is 0 Å². The van der Waals surface area contributed by atoms with Gasteiger partial charge in [0, 0.05) is 37.4 Å². The average Bonchev–Trinajstić information content (AvgIpc) is 3.08. The second kappa shape index (κ2) is 6.96. The molecule has 0 aliphatic rings. The lowest BCUT2D eigenvalue weighted by molar-refractivity contribution is 0.0824. The minimum atomic E-state index is -0.490. The van der Waals surface area contributed by atoms with Crippen molar-refractivity contribution >= 4 is 33.8 Å². The van der Waals surface area contributed by atoms with Crippen molar-refractivity contribution in [1.29, 1.82) is 0 Å². The van der Waals surface area contributed by atoms with Crippen molar-refractivity contribution in [2.75, 3.05) is 26.5 Å². The van der Waals surface area contributed by atoms with Crippen LogP contribution in [0.4, 0.5) is 5.69 Å². The summed E-state index contributed by atoms with van der Waals surface area (Å²) in [5.41, 5.74) is 0.408. The van der Waals surface area contributed by atoms with E-state index in [1.54, 1.807) is 37.8 Å². The van der Waals surface area contributed by atoms with E-state index in [4.69, 9.17) is 4.74 Å². The van der Waals surface area contributed by atoms with Crippen LogP contribution in [-0.4, -0.2) is 47.3 Å². The third kappa shape index (κ3) is 3.29. The Labute approximate surface area is 152 Å². The number of nitrogens with zero attached hydrogens (tertiary/aromatic N) is 3. The number of methoxy groups -OCH3 is 1. The lowest BCUT2D eigenvalue weighted by atomic mass is 10.1. The van der Waals surface area contributed by atoms with E-state index in [1.165, 1.54) is 39.9 Å². The number of nitrogens with one attached hydrogen (secondary N) is 1. The fourth-order valence-corrected chi connectivity index (χ4v) is 3.13. The Balaban J connectivity index is 1.96. The zero-order valence-electron chi connectivity index (χ0n) is 14.3. The normalized spacial score (nSPS) is 10.6. The fraction of sp³-hybridized carbons (Fsp3) is 0.176. The average molecular weight is 372 g/mol. The molecule has 0 aliphatic carbocycles. The van der Waals surface area contributed by atoms with E-state index in [-0.39, 0.29) is 11.6 Å². The van der Waals surface area contributed by atoms with Crippen LogP contribution in [-0.2, 0) is 0 Å². The summed E-state index contributed by atoms with van der Waals surface area (Å²) >= 11 is 1.26. The van der Waals surface area contributed by atoms with Gasteiger partial charge in [-0.25, -0.2) is 0 Å². The summed E-state index contributed by atoms with van der Waals surface area (Å²) in [6.07, 6.45) is 1.66. The Kier molecular flexibility index (Phi) is 4.72. The van der Waals surface area contributed by atoms with Crippen LogP contribution >= 0.6 is 11.3 Å². The number of hydrogen-bond donors (Lipinski definition) is 1. The van der Waals surface area contributed by atoms with Crippen molar-refractivity contribution in [3.8, 4) is 5.75 Å². The molecule has 0 aliphatic heterocycles. The molecule has 2 aromatic heterocycles. The Morgan fingerprint density at radius 2 is 2.04 bits per heavy atom. The molecule has 0 bridgehead atoms. The Bertz CT molecular complexity index is 1050. The minimum absolute atomic E-state index is 0.164. The van der Waals surface area contributed by atoms with E-state index in [2.05, 4.69) is 10.3 Å². The third-order valence-electron chi connectivity index (χ3n) is 3.64. The predicted molar refractivity (Wildman–Crippen MR) is 98.3 cm³/mol. The predicted octanol–water partition coefficient (Wildman–Crippen LogP) is 1.72. The van der Waals surface area contributed by atoms with Crippen LogP contribution in [0.2, 0.25) is 0 Å². The molecule has 26 heavy (non-hydrogen) atoms. The molecule has 8 nitrogen and oxygen atoms in total. The number of thiazole rings is 1. The topological polar surface area (TPSA) is 93.0 Å². The van der Waals surface area contributed by atoms with Gasteiger partial charge in [-0.2, -0.15) is 4.98 Å². The van der Waals surface area contributed by atoms with Gasteiger partial charge < -0.3 is 15.0 Å². The molecule has 0 atom stereocenters.